The van der Waals surface area contributed by atoms with Gasteiger partial charge in [0.1, 0.15) is 12.4 Å². The third-order valence-electron chi connectivity index (χ3n) is 4.54. The summed E-state index contributed by atoms with van der Waals surface area (Å²) in [6, 6.07) is 8.28. The number of guanidine groups is 1. The maximum absolute atomic E-state index is 5.89. The molecule has 0 amide bonds. The number of nitrogens with zero attached hydrogens (tertiary/aromatic N) is 5. The first kappa shape index (κ1) is 20.8. The van der Waals surface area contributed by atoms with E-state index in [1.165, 1.54) is 5.56 Å². The molecule has 0 bridgehead atoms. The number of aromatic nitrogens is 2. The van der Waals surface area contributed by atoms with Gasteiger partial charge in [0.2, 0.25) is 0 Å². The van der Waals surface area contributed by atoms with Crippen LogP contribution in [0.1, 0.15) is 17.2 Å². The Labute approximate surface area is 162 Å². The minimum absolute atomic E-state index is 0.215. The highest BCUT2D eigenvalue weighted by Crippen LogP contribution is 2.17. The molecule has 2 aromatic rings. The molecular formula is C20H32N6O. The van der Waals surface area contributed by atoms with Crippen molar-refractivity contribution in [1.29, 1.82) is 0 Å². The zero-order chi connectivity index (χ0) is 19.8. The smallest absolute Gasteiger partial charge is 0.193 e. The number of para-hydroxylation sites is 1. The van der Waals surface area contributed by atoms with Crippen LogP contribution in [0.4, 0.5) is 0 Å². The van der Waals surface area contributed by atoms with Crippen molar-refractivity contribution in [1.82, 2.24) is 24.9 Å². The summed E-state index contributed by atoms with van der Waals surface area (Å²) in [4.78, 5) is 8.65. The van der Waals surface area contributed by atoms with Crippen molar-refractivity contribution in [3.05, 3.63) is 47.8 Å². The molecule has 7 heteroatoms. The van der Waals surface area contributed by atoms with E-state index in [4.69, 9.17) is 4.74 Å². The summed E-state index contributed by atoms with van der Waals surface area (Å²) >= 11 is 0. The van der Waals surface area contributed by atoms with Crippen LogP contribution in [0.2, 0.25) is 0 Å². The van der Waals surface area contributed by atoms with Crippen molar-refractivity contribution in [2.24, 2.45) is 12.0 Å². The number of rotatable bonds is 8. The number of likely N-dealkylation sites (N-methyl/N-ethyl adjacent to an activating group) is 2. The average molecular weight is 373 g/mol. The summed E-state index contributed by atoms with van der Waals surface area (Å²) in [6.45, 7) is 4.14. The molecule has 0 fully saturated rings. The minimum Gasteiger partial charge on any atom is -0.491 e. The Kier molecular flexibility index (Phi) is 7.67. The van der Waals surface area contributed by atoms with E-state index in [9.17, 15) is 0 Å². The minimum atomic E-state index is 0.215. The van der Waals surface area contributed by atoms with Gasteiger partial charge in [-0.1, -0.05) is 18.2 Å². The van der Waals surface area contributed by atoms with Crippen LogP contribution in [0.5, 0.6) is 5.75 Å². The molecular weight excluding hydrogens is 340 g/mol. The Bertz CT molecular complexity index is 740. The van der Waals surface area contributed by atoms with E-state index in [2.05, 4.69) is 58.5 Å². The van der Waals surface area contributed by atoms with Crippen LogP contribution in [0.15, 0.2) is 41.7 Å². The highest BCUT2D eigenvalue weighted by atomic mass is 16.5. The number of ether oxygens (including phenoxy) is 1. The van der Waals surface area contributed by atoms with Crippen molar-refractivity contribution in [2.75, 3.05) is 47.9 Å². The van der Waals surface area contributed by atoms with E-state index >= 15 is 0 Å². The lowest BCUT2D eigenvalue weighted by Gasteiger charge is -2.27. The largest absolute Gasteiger partial charge is 0.491 e. The zero-order valence-electron chi connectivity index (χ0n) is 17.3. The van der Waals surface area contributed by atoms with E-state index < -0.39 is 0 Å². The van der Waals surface area contributed by atoms with Crippen molar-refractivity contribution in [2.45, 2.75) is 13.0 Å². The van der Waals surface area contributed by atoms with Crippen LogP contribution in [-0.4, -0.2) is 73.4 Å². The quantitative estimate of drug-likeness (QED) is 0.567. The van der Waals surface area contributed by atoms with Crippen molar-refractivity contribution in [3.63, 3.8) is 0 Å². The first-order valence-corrected chi connectivity index (χ1v) is 9.17. The Hall–Kier alpha value is -2.54. The van der Waals surface area contributed by atoms with Gasteiger partial charge in [-0.05, 0) is 32.6 Å². The monoisotopic (exact) mass is 372 g/mol. The maximum atomic E-state index is 5.89. The van der Waals surface area contributed by atoms with Crippen molar-refractivity contribution < 1.29 is 4.74 Å². The first-order chi connectivity index (χ1) is 12.9. The van der Waals surface area contributed by atoms with Crippen LogP contribution in [-0.2, 0) is 7.05 Å². The molecule has 0 saturated heterocycles. The molecule has 27 heavy (non-hydrogen) atoms. The predicted octanol–water partition coefficient (Wildman–Crippen LogP) is 1.92. The fraction of sp³-hybridized carbons (Fsp3) is 0.500. The van der Waals surface area contributed by atoms with Gasteiger partial charge in [0.15, 0.2) is 5.96 Å². The standard InChI is InChI=1S/C20H32N6O/c1-16-9-7-8-10-19(16)27-12-11-25(5)20(21-2)22-14-18(24(3)4)17-13-23-26(6)15-17/h7-10,13,15,18H,11-12,14H2,1-6H3,(H,21,22). The predicted molar refractivity (Wildman–Crippen MR) is 110 cm³/mol. The van der Waals surface area contributed by atoms with E-state index in [-0.39, 0.29) is 6.04 Å². The summed E-state index contributed by atoms with van der Waals surface area (Å²) < 4.78 is 7.72. The Morgan fingerprint density at radius 1 is 1.30 bits per heavy atom. The molecule has 0 saturated carbocycles. The van der Waals surface area contributed by atoms with Crippen molar-refractivity contribution >= 4 is 5.96 Å². The van der Waals surface area contributed by atoms with Gasteiger partial charge < -0.3 is 19.9 Å². The molecule has 1 atom stereocenters. The van der Waals surface area contributed by atoms with Gasteiger partial charge in [0.25, 0.3) is 0 Å². The number of hydrogen-bond acceptors (Lipinski definition) is 4. The SMILES string of the molecule is CN=C(NCC(c1cnn(C)c1)N(C)C)N(C)CCOc1ccccc1C. The Morgan fingerprint density at radius 2 is 2.04 bits per heavy atom. The summed E-state index contributed by atoms with van der Waals surface area (Å²) in [5.74, 6) is 1.78. The highest BCUT2D eigenvalue weighted by molar-refractivity contribution is 5.79. The van der Waals surface area contributed by atoms with Gasteiger partial charge in [-0.25, -0.2) is 0 Å². The molecule has 0 spiro atoms. The summed E-state index contributed by atoms with van der Waals surface area (Å²) in [6.07, 6.45) is 3.96. The molecule has 1 N–H and O–H groups in total. The molecule has 0 aliphatic rings. The summed E-state index contributed by atoms with van der Waals surface area (Å²) in [5, 5.41) is 7.74. The fourth-order valence-corrected chi connectivity index (χ4v) is 2.90. The second-order valence-electron chi connectivity index (χ2n) is 6.89. The molecule has 0 radical (unpaired) electrons. The Morgan fingerprint density at radius 3 is 2.63 bits per heavy atom. The van der Waals surface area contributed by atoms with E-state index in [0.29, 0.717) is 6.61 Å². The van der Waals surface area contributed by atoms with E-state index in [0.717, 1.165) is 30.4 Å². The molecule has 2 rings (SSSR count). The van der Waals surface area contributed by atoms with Gasteiger partial charge in [-0.2, -0.15) is 5.10 Å². The second kappa shape index (κ2) is 9.97. The highest BCUT2D eigenvalue weighted by Gasteiger charge is 2.17. The normalized spacial score (nSPS) is 12.9. The topological polar surface area (TPSA) is 57.9 Å². The number of aliphatic imine (C=N–C) groups is 1. The zero-order valence-corrected chi connectivity index (χ0v) is 17.3. The van der Waals surface area contributed by atoms with Gasteiger partial charge in [0.05, 0.1) is 18.8 Å². The van der Waals surface area contributed by atoms with Crippen molar-refractivity contribution in [3.8, 4) is 5.75 Å². The van der Waals surface area contributed by atoms with Crippen LogP contribution < -0.4 is 10.1 Å². The van der Waals surface area contributed by atoms with Crippen LogP contribution in [0, 0.1) is 6.92 Å². The van der Waals surface area contributed by atoms with Crippen LogP contribution in [0.3, 0.4) is 0 Å². The lowest BCUT2D eigenvalue weighted by atomic mass is 10.1. The lowest BCUT2D eigenvalue weighted by Crippen LogP contribution is -2.44. The molecule has 0 aliphatic carbocycles. The maximum Gasteiger partial charge on any atom is 0.193 e. The summed E-state index contributed by atoms with van der Waals surface area (Å²) in [7, 11) is 9.90. The van der Waals surface area contributed by atoms with Gasteiger partial charge in [0, 0.05) is 39.4 Å². The number of nitrogens with one attached hydrogen (secondary N) is 1. The third-order valence-corrected chi connectivity index (χ3v) is 4.54. The fourth-order valence-electron chi connectivity index (χ4n) is 2.90. The first-order valence-electron chi connectivity index (χ1n) is 9.17. The number of hydrogen-bond donors (Lipinski definition) is 1. The molecule has 7 nitrogen and oxygen atoms in total. The number of benzene rings is 1. The van der Waals surface area contributed by atoms with Crippen LogP contribution >= 0.6 is 0 Å². The molecule has 1 aromatic carbocycles. The molecule has 1 heterocycles. The summed E-state index contributed by atoms with van der Waals surface area (Å²) in [5.41, 5.74) is 2.32. The Balaban J connectivity index is 1.87. The molecule has 1 unspecified atom stereocenters. The number of aryl methyl sites for hydroxylation is 2. The lowest BCUT2D eigenvalue weighted by molar-refractivity contribution is 0.274. The van der Waals surface area contributed by atoms with Gasteiger partial charge in [-0.3, -0.25) is 9.67 Å². The van der Waals surface area contributed by atoms with Gasteiger partial charge in [-0.15, -0.1) is 0 Å². The van der Waals surface area contributed by atoms with E-state index in [1.807, 2.05) is 43.2 Å². The molecule has 0 aliphatic heterocycles. The van der Waals surface area contributed by atoms with E-state index in [1.54, 1.807) is 7.05 Å². The molecule has 1 aromatic heterocycles. The van der Waals surface area contributed by atoms with Crippen LogP contribution in [0.25, 0.3) is 0 Å². The third kappa shape index (κ3) is 5.99. The molecule has 148 valence electrons. The van der Waals surface area contributed by atoms with Gasteiger partial charge >= 0.3 is 0 Å². The average Bonchev–Trinajstić information content (AvgIpc) is 3.06. The second-order valence-corrected chi connectivity index (χ2v) is 6.89.